The fourth-order valence-electron chi connectivity index (χ4n) is 5.27. The highest BCUT2D eigenvalue weighted by Gasteiger charge is 2.27. The van der Waals surface area contributed by atoms with Gasteiger partial charge in [-0.25, -0.2) is 18.4 Å². The van der Waals surface area contributed by atoms with Gasteiger partial charge in [0, 0.05) is 29.4 Å². The number of urea groups is 1. The molecule has 2 amide bonds. The number of hydrogen-bond acceptors (Lipinski definition) is 3. The van der Waals surface area contributed by atoms with Crippen molar-refractivity contribution in [3.8, 4) is 11.1 Å². The number of aryl methyl sites for hydroxylation is 1. The van der Waals surface area contributed by atoms with E-state index < -0.39 is 23.6 Å². The van der Waals surface area contributed by atoms with Crippen LogP contribution in [0.1, 0.15) is 61.9 Å². The SMILES string of the molecule is Cc1cccc(NC(=O)Nc2cc(-c3cc(F)ccc3C(=O)O)c(F)cc2N(CC(C)C)C2CCCCC2)c1. The van der Waals surface area contributed by atoms with Crippen molar-refractivity contribution in [2.45, 2.75) is 58.9 Å². The van der Waals surface area contributed by atoms with Crippen molar-refractivity contribution in [1.29, 1.82) is 0 Å². The Hall–Kier alpha value is -3.94. The first-order valence-electron chi connectivity index (χ1n) is 13.4. The number of carbonyl (C=O) groups excluding carboxylic acids is 1. The number of rotatable bonds is 8. The van der Waals surface area contributed by atoms with Gasteiger partial charge in [-0.3, -0.25) is 0 Å². The molecule has 0 aliphatic heterocycles. The summed E-state index contributed by atoms with van der Waals surface area (Å²) in [6.07, 6.45) is 5.21. The fraction of sp³-hybridized carbons (Fsp3) is 0.355. The molecule has 8 heteroatoms. The van der Waals surface area contributed by atoms with Crippen LogP contribution in [0.4, 0.5) is 30.6 Å². The summed E-state index contributed by atoms with van der Waals surface area (Å²) >= 11 is 0. The Morgan fingerprint density at radius 3 is 2.38 bits per heavy atom. The second kappa shape index (κ2) is 12.3. The Kier molecular flexibility index (Phi) is 8.84. The summed E-state index contributed by atoms with van der Waals surface area (Å²) in [5.74, 6) is -2.41. The highest BCUT2D eigenvalue weighted by Crippen LogP contribution is 2.39. The van der Waals surface area contributed by atoms with Gasteiger partial charge in [0.15, 0.2) is 0 Å². The lowest BCUT2D eigenvalue weighted by Gasteiger charge is -2.38. The molecule has 6 nitrogen and oxygen atoms in total. The number of benzene rings is 3. The van der Waals surface area contributed by atoms with Crippen LogP contribution in [0.5, 0.6) is 0 Å². The summed E-state index contributed by atoms with van der Waals surface area (Å²) in [5, 5.41) is 15.4. The number of anilines is 3. The lowest BCUT2D eigenvalue weighted by Crippen LogP contribution is -2.40. The zero-order valence-corrected chi connectivity index (χ0v) is 22.6. The van der Waals surface area contributed by atoms with Gasteiger partial charge in [-0.2, -0.15) is 0 Å². The fourth-order valence-corrected chi connectivity index (χ4v) is 5.27. The Morgan fingerprint density at radius 2 is 1.72 bits per heavy atom. The number of nitrogens with zero attached hydrogens (tertiary/aromatic N) is 1. The van der Waals surface area contributed by atoms with Crippen LogP contribution in [0, 0.1) is 24.5 Å². The molecule has 0 unspecified atom stereocenters. The van der Waals surface area contributed by atoms with E-state index in [4.69, 9.17) is 0 Å². The first-order valence-corrected chi connectivity index (χ1v) is 13.4. The molecule has 3 aromatic carbocycles. The molecule has 1 aliphatic carbocycles. The maximum Gasteiger partial charge on any atom is 0.336 e. The Bertz CT molecular complexity index is 1350. The highest BCUT2D eigenvalue weighted by atomic mass is 19.1. The van der Waals surface area contributed by atoms with Gasteiger partial charge in [0.1, 0.15) is 11.6 Å². The number of aromatic carboxylic acids is 1. The molecular weight excluding hydrogens is 500 g/mol. The molecular formula is C31H35F2N3O3. The molecule has 206 valence electrons. The number of carboxylic acids is 1. The number of amides is 2. The molecule has 0 heterocycles. The van der Waals surface area contributed by atoms with Crippen LogP contribution in [0.15, 0.2) is 54.6 Å². The predicted molar refractivity (Wildman–Crippen MR) is 152 cm³/mol. The second-order valence-electron chi connectivity index (χ2n) is 10.6. The Labute approximate surface area is 228 Å². The standard InChI is InChI=1S/C31H35F2N3O3/c1-19(2)18-36(23-10-5-4-6-11-23)29-17-27(33)26(25-15-21(32)12-13-24(25)30(37)38)16-28(29)35-31(39)34-22-9-7-8-20(3)14-22/h7-9,12-17,19,23H,4-6,10-11,18H2,1-3H3,(H,37,38)(H2,34,35,39). The second-order valence-corrected chi connectivity index (χ2v) is 10.6. The molecule has 0 bridgehead atoms. The van der Waals surface area contributed by atoms with Crippen LogP contribution >= 0.6 is 0 Å². The molecule has 3 aromatic rings. The van der Waals surface area contributed by atoms with E-state index in [1.165, 1.54) is 12.1 Å². The molecule has 1 saturated carbocycles. The van der Waals surface area contributed by atoms with E-state index in [-0.39, 0.29) is 28.7 Å². The normalized spacial score (nSPS) is 13.8. The van der Waals surface area contributed by atoms with Crippen LogP contribution in [0.2, 0.25) is 0 Å². The van der Waals surface area contributed by atoms with Crippen molar-refractivity contribution in [3.63, 3.8) is 0 Å². The van der Waals surface area contributed by atoms with E-state index in [9.17, 15) is 19.1 Å². The van der Waals surface area contributed by atoms with Gasteiger partial charge in [-0.05, 0) is 73.7 Å². The lowest BCUT2D eigenvalue weighted by molar-refractivity contribution is 0.0697. The van der Waals surface area contributed by atoms with Crippen LogP contribution in [-0.4, -0.2) is 29.7 Å². The van der Waals surface area contributed by atoms with E-state index >= 15 is 4.39 Å². The zero-order valence-electron chi connectivity index (χ0n) is 22.6. The number of halogens is 2. The summed E-state index contributed by atoms with van der Waals surface area (Å²) in [7, 11) is 0. The van der Waals surface area contributed by atoms with Crippen molar-refractivity contribution in [1.82, 2.24) is 0 Å². The van der Waals surface area contributed by atoms with Gasteiger partial charge in [0.25, 0.3) is 0 Å². The molecule has 1 fully saturated rings. The van der Waals surface area contributed by atoms with Crippen molar-refractivity contribution in [3.05, 3.63) is 77.4 Å². The van der Waals surface area contributed by atoms with Crippen LogP contribution in [-0.2, 0) is 0 Å². The number of nitrogens with one attached hydrogen (secondary N) is 2. The topological polar surface area (TPSA) is 81.7 Å². The largest absolute Gasteiger partial charge is 0.478 e. The molecule has 0 radical (unpaired) electrons. The average molecular weight is 536 g/mol. The molecule has 3 N–H and O–H groups in total. The van der Waals surface area contributed by atoms with Gasteiger partial charge in [0.2, 0.25) is 0 Å². The third kappa shape index (κ3) is 6.93. The Balaban J connectivity index is 1.82. The summed E-state index contributed by atoms with van der Waals surface area (Å²) < 4.78 is 30.0. The molecule has 0 aromatic heterocycles. The number of hydrogen-bond donors (Lipinski definition) is 3. The van der Waals surface area contributed by atoms with E-state index in [1.54, 1.807) is 6.07 Å². The monoisotopic (exact) mass is 535 g/mol. The lowest BCUT2D eigenvalue weighted by atomic mass is 9.92. The third-order valence-corrected chi connectivity index (χ3v) is 7.00. The van der Waals surface area contributed by atoms with E-state index in [1.807, 2.05) is 25.1 Å². The molecule has 4 rings (SSSR count). The Morgan fingerprint density at radius 1 is 0.974 bits per heavy atom. The van der Waals surface area contributed by atoms with E-state index in [0.717, 1.165) is 55.9 Å². The first-order chi connectivity index (χ1) is 18.6. The van der Waals surface area contributed by atoms with Gasteiger partial charge in [-0.1, -0.05) is 45.2 Å². The summed E-state index contributed by atoms with van der Waals surface area (Å²) in [6, 6.07) is 12.9. The third-order valence-electron chi connectivity index (χ3n) is 7.00. The van der Waals surface area contributed by atoms with E-state index in [2.05, 4.69) is 29.4 Å². The maximum atomic E-state index is 15.8. The van der Waals surface area contributed by atoms with Crippen LogP contribution in [0.3, 0.4) is 0 Å². The highest BCUT2D eigenvalue weighted by molar-refractivity contribution is 6.03. The van der Waals surface area contributed by atoms with Crippen molar-refractivity contribution >= 4 is 29.1 Å². The smallest absolute Gasteiger partial charge is 0.336 e. The molecule has 0 saturated heterocycles. The number of carbonyl (C=O) groups is 2. The minimum atomic E-state index is -1.30. The average Bonchev–Trinajstić information content (AvgIpc) is 2.88. The molecule has 39 heavy (non-hydrogen) atoms. The predicted octanol–water partition coefficient (Wildman–Crippen LogP) is 8.08. The summed E-state index contributed by atoms with van der Waals surface area (Å²) in [5.41, 5.74) is 1.99. The van der Waals surface area contributed by atoms with Crippen molar-refractivity contribution in [2.75, 3.05) is 22.1 Å². The van der Waals surface area contributed by atoms with Crippen molar-refractivity contribution < 1.29 is 23.5 Å². The van der Waals surface area contributed by atoms with Gasteiger partial charge in [-0.15, -0.1) is 0 Å². The van der Waals surface area contributed by atoms with Crippen molar-refractivity contribution in [2.24, 2.45) is 5.92 Å². The zero-order chi connectivity index (χ0) is 28.1. The van der Waals surface area contributed by atoms with Gasteiger partial charge < -0.3 is 20.6 Å². The van der Waals surface area contributed by atoms with Gasteiger partial charge in [0.05, 0.1) is 16.9 Å². The quantitative estimate of drug-likeness (QED) is 0.272. The van der Waals surface area contributed by atoms with E-state index in [0.29, 0.717) is 23.6 Å². The first kappa shape index (κ1) is 28.1. The van der Waals surface area contributed by atoms with Crippen LogP contribution in [0.25, 0.3) is 11.1 Å². The minimum Gasteiger partial charge on any atom is -0.478 e. The molecule has 0 atom stereocenters. The van der Waals surface area contributed by atoms with Crippen LogP contribution < -0.4 is 15.5 Å². The summed E-state index contributed by atoms with van der Waals surface area (Å²) in [6.45, 7) is 6.74. The molecule has 1 aliphatic rings. The van der Waals surface area contributed by atoms with Gasteiger partial charge >= 0.3 is 12.0 Å². The number of carboxylic acid groups (broad SMARTS) is 1. The molecule has 0 spiro atoms. The maximum absolute atomic E-state index is 15.8. The minimum absolute atomic E-state index is 0.0956. The summed E-state index contributed by atoms with van der Waals surface area (Å²) in [4.78, 5) is 27.2.